The Morgan fingerprint density at radius 1 is 1.05 bits per heavy atom. The van der Waals surface area contributed by atoms with Crippen LogP contribution in [0.3, 0.4) is 0 Å². The zero-order chi connectivity index (χ0) is 28.5. The van der Waals surface area contributed by atoms with E-state index in [0.717, 1.165) is 35.7 Å². The van der Waals surface area contributed by atoms with E-state index in [2.05, 4.69) is 78.9 Å². The number of aryl methyl sites for hydroxylation is 3. The molecule has 214 valence electrons. The van der Waals surface area contributed by atoms with Gasteiger partial charge in [-0.05, 0) is 44.7 Å². The molecule has 1 aliphatic rings. The normalized spacial score (nSPS) is 13.7. The molecule has 0 atom stereocenters. The SMILES string of the molecule is CC(C)[OH+]c1ccccc1NCc1ccc(Cl)cc1[CH]=[Ru]([Cl])[Cl].CSN1[CH-]N(c2c(C)cc(C)cc2C)CC1. The van der Waals surface area contributed by atoms with E-state index in [1.54, 1.807) is 11.9 Å². The van der Waals surface area contributed by atoms with Crippen molar-refractivity contribution in [1.82, 2.24) is 4.31 Å². The molecule has 1 heterocycles. The first-order valence-corrected chi connectivity index (χ1v) is 19.8. The summed E-state index contributed by atoms with van der Waals surface area (Å²) in [5.41, 5.74) is 8.57. The van der Waals surface area contributed by atoms with Crippen molar-refractivity contribution in [2.75, 3.05) is 29.6 Å². The van der Waals surface area contributed by atoms with Crippen LogP contribution in [0.4, 0.5) is 11.4 Å². The van der Waals surface area contributed by atoms with Gasteiger partial charge in [-0.2, -0.15) is 6.67 Å². The van der Waals surface area contributed by atoms with E-state index >= 15 is 0 Å². The second kappa shape index (κ2) is 15.7. The molecule has 3 aromatic rings. The number of nitrogens with zero attached hydrogens (tertiary/aromatic N) is 2. The largest absolute Gasteiger partial charge is 0.506 e. The third kappa shape index (κ3) is 9.95. The van der Waals surface area contributed by atoms with Crippen LogP contribution >= 0.6 is 42.9 Å². The van der Waals surface area contributed by atoms with Crippen LogP contribution in [0.1, 0.15) is 41.7 Å². The van der Waals surface area contributed by atoms with Gasteiger partial charge in [0.25, 0.3) is 0 Å². The number of hydrogen-bond donors (Lipinski definition) is 1. The Labute approximate surface area is 256 Å². The number of anilines is 2. The average Bonchev–Trinajstić information content (AvgIpc) is 3.32. The predicted octanol–water partition coefficient (Wildman–Crippen LogP) is 8.81. The number of halogens is 3. The Kier molecular flexibility index (Phi) is 12.9. The quantitative estimate of drug-likeness (QED) is 0.0840. The van der Waals surface area contributed by atoms with E-state index in [4.69, 9.17) is 31.0 Å². The van der Waals surface area contributed by atoms with Gasteiger partial charge in [0, 0.05) is 12.2 Å². The van der Waals surface area contributed by atoms with Crippen molar-refractivity contribution in [1.29, 1.82) is 0 Å². The van der Waals surface area contributed by atoms with Crippen LogP contribution in [0.5, 0.6) is 5.75 Å². The summed E-state index contributed by atoms with van der Waals surface area (Å²) in [6, 6.07) is 18.3. The zero-order valence-electron chi connectivity index (χ0n) is 23.3. The molecule has 0 spiro atoms. The standard InChI is InChI=1S/C17H18ClNO.C13H19N2S.2ClH.Ru/c1-12(2)20-17-7-5-4-6-16(17)19-11-14-8-9-15(18)10-13(14)3;1-10-7-11(2)13(12(3)8-10)14-5-6-15(9-14)16-4;;;/h3-10,12,19H,11H2,1-2H3;7-9H,5-6H2,1-4H3;2*1H;/q;-1;;;+2/p-1. The fourth-order valence-corrected chi connectivity index (χ4v) is 7.03. The smallest absolute Gasteiger partial charge is 0.0142 e. The van der Waals surface area contributed by atoms with E-state index in [-0.39, 0.29) is 6.10 Å². The van der Waals surface area contributed by atoms with Crippen LogP contribution in [0.2, 0.25) is 5.02 Å². The van der Waals surface area contributed by atoms with Crippen molar-refractivity contribution in [2.24, 2.45) is 0 Å². The monoisotopic (exact) mass is 695 g/mol. The molecule has 9 heteroatoms. The molecule has 1 saturated heterocycles. The van der Waals surface area contributed by atoms with E-state index in [9.17, 15) is 0 Å². The second-order valence-electron chi connectivity index (χ2n) is 9.62. The van der Waals surface area contributed by atoms with Gasteiger partial charge >= 0.3 is 156 Å². The third-order valence-electron chi connectivity index (χ3n) is 6.05. The maximum Gasteiger partial charge on any atom is 0.0142 e. The molecule has 0 aromatic heterocycles. The van der Waals surface area contributed by atoms with Crippen LogP contribution in [0.15, 0.2) is 54.6 Å². The molecule has 4 nitrogen and oxygen atoms in total. The van der Waals surface area contributed by atoms with E-state index in [0.29, 0.717) is 11.6 Å². The fraction of sp³-hybridized carbons (Fsp3) is 0.333. The molecule has 0 bridgehead atoms. The Hall–Kier alpha value is -1.27. The van der Waals surface area contributed by atoms with Gasteiger partial charge in [0.15, 0.2) is 0 Å². The van der Waals surface area contributed by atoms with E-state index in [1.165, 1.54) is 22.4 Å². The van der Waals surface area contributed by atoms with E-state index in [1.807, 2.05) is 47.1 Å². The van der Waals surface area contributed by atoms with Crippen LogP contribution in [0.25, 0.3) is 0 Å². The van der Waals surface area contributed by atoms with Crippen LogP contribution < -0.4 is 10.2 Å². The van der Waals surface area contributed by atoms with Crippen LogP contribution in [0, 0.1) is 27.4 Å². The van der Waals surface area contributed by atoms with Crippen molar-refractivity contribution in [3.63, 3.8) is 0 Å². The number of aliphatic hydroxyl groups is 1. The predicted molar refractivity (Wildman–Crippen MR) is 171 cm³/mol. The Balaban J connectivity index is 0.000000230. The molecule has 4 rings (SSSR count). The molecule has 0 unspecified atom stereocenters. The van der Waals surface area contributed by atoms with Gasteiger partial charge in [-0.15, -0.1) is 11.9 Å². The second-order valence-corrected chi connectivity index (χ2v) is 16.6. The summed E-state index contributed by atoms with van der Waals surface area (Å²) in [6.07, 6.45) is 2.37. The number of rotatable bonds is 8. The van der Waals surface area contributed by atoms with Crippen molar-refractivity contribution >= 4 is 58.9 Å². The third-order valence-corrected chi connectivity index (χ3v) is 8.87. The van der Waals surface area contributed by atoms with Gasteiger partial charge in [-0.1, -0.05) is 17.7 Å². The topological polar surface area (TPSA) is 31.3 Å². The van der Waals surface area contributed by atoms with Crippen molar-refractivity contribution < 1.29 is 18.3 Å². The molecule has 2 N–H and O–H groups in total. The van der Waals surface area contributed by atoms with Gasteiger partial charge in [0.2, 0.25) is 0 Å². The molecule has 0 amide bonds. The summed E-state index contributed by atoms with van der Waals surface area (Å²) in [6.45, 7) is 15.8. The van der Waals surface area contributed by atoms with Gasteiger partial charge in [0.1, 0.15) is 0 Å². The number of aromatic hydroxyl groups is 1. The summed E-state index contributed by atoms with van der Waals surface area (Å²) in [7, 11) is 12.0. The molecule has 0 aliphatic carbocycles. The number of para-hydroxylation sites is 2. The number of hydrogen-bond acceptors (Lipinski definition) is 4. The minimum Gasteiger partial charge on any atom is -0.506 e. The molecule has 1 aliphatic heterocycles. The molecule has 1 fully saturated rings. The Bertz CT molecular complexity index is 1260. The zero-order valence-corrected chi connectivity index (χ0v) is 28.1. The Morgan fingerprint density at radius 3 is 2.36 bits per heavy atom. The molecule has 0 saturated carbocycles. The van der Waals surface area contributed by atoms with Crippen LogP contribution in [-0.4, -0.2) is 39.1 Å². The number of nitrogens with one attached hydrogen (secondary N) is 1. The minimum atomic E-state index is -1.90. The average molecular weight is 696 g/mol. The summed E-state index contributed by atoms with van der Waals surface area (Å²) < 4.78 is 8.82. The van der Waals surface area contributed by atoms with Gasteiger partial charge in [-0.25, -0.2) is 0 Å². The maximum absolute atomic E-state index is 6.07. The van der Waals surface area contributed by atoms with Crippen molar-refractivity contribution in [3.8, 4) is 5.75 Å². The Morgan fingerprint density at radius 2 is 1.74 bits per heavy atom. The molecule has 39 heavy (non-hydrogen) atoms. The first-order chi connectivity index (χ1) is 18.6. The maximum atomic E-state index is 6.07. The molecule has 3 aromatic carbocycles. The van der Waals surface area contributed by atoms with Gasteiger partial charge in [0.05, 0.1) is 0 Å². The molecule has 0 radical (unpaired) electrons. The number of benzene rings is 3. The van der Waals surface area contributed by atoms with Crippen LogP contribution in [-0.2, 0) is 20.1 Å². The first-order valence-electron chi connectivity index (χ1n) is 12.7. The van der Waals surface area contributed by atoms with E-state index < -0.39 is 13.5 Å². The summed E-state index contributed by atoms with van der Waals surface area (Å²) in [5, 5.41) is 4.12. The van der Waals surface area contributed by atoms with Crippen molar-refractivity contribution in [3.05, 3.63) is 94.1 Å². The molecular formula is C30H38Cl3N3ORuS. The summed E-state index contributed by atoms with van der Waals surface area (Å²) in [4.78, 5) is 2.36. The minimum absolute atomic E-state index is 0.247. The van der Waals surface area contributed by atoms with Crippen molar-refractivity contribution in [2.45, 2.75) is 47.3 Å². The molecular weight excluding hydrogens is 658 g/mol. The summed E-state index contributed by atoms with van der Waals surface area (Å²) in [5.74, 6) is 0.962. The first kappa shape index (κ1) is 32.3. The summed E-state index contributed by atoms with van der Waals surface area (Å²) >= 11 is 5.96. The van der Waals surface area contributed by atoms with Gasteiger partial charge < -0.3 is 9.21 Å². The number of ether oxygens (including phenoxy) is 1. The van der Waals surface area contributed by atoms with Gasteiger partial charge in [-0.3, -0.25) is 0 Å². The fourth-order valence-electron chi connectivity index (χ4n) is 4.52.